The van der Waals surface area contributed by atoms with E-state index in [4.69, 9.17) is 5.11 Å². The molecule has 8 heavy (non-hydrogen) atoms. The predicted octanol–water partition coefficient (Wildman–Crippen LogP) is 0.841. The van der Waals surface area contributed by atoms with Crippen molar-refractivity contribution < 1.29 is 24.6 Å². The fourth-order valence-corrected chi connectivity index (χ4v) is 0. The second-order valence-corrected chi connectivity index (χ2v) is 1.68. The quantitative estimate of drug-likeness (QED) is 0.387. The molecular formula is C6H14OZn. The van der Waals surface area contributed by atoms with Gasteiger partial charge in [-0.1, -0.05) is 20.8 Å². The molecular weight excluding hydrogens is 153 g/mol. The van der Waals surface area contributed by atoms with Crippen molar-refractivity contribution >= 4 is 0 Å². The fourth-order valence-electron chi connectivity index (χ4n) is 0. The molecule has 0 spiro atoms. The first-order valence-electron chi connectivity index (χ1n) is 2.56. The summed E-state index contributed by atoms with van der Waals surface area (Å²) in [6, 6.07) is 0. The molecule has 46 valence electrons. The minimum absolute atomic E-state index is 0. The molecule has 2 heteroatoms. The van der Waals surface area contributed by atoms with Gasteiger partial charge in [0.15, 0.2) is 0 Å². The van der Waals surface area contributed by atoms with Gasteiger partial charge in [0.2, 0.25) is 0 Å². The Morgan fingerprint density at radius 3 is 1.50 bits per heavy atom. The normalized spacial score (nSPS) is 6.75. The van der Waals surface area contributed by atoms with Crippen LogP contribution in [0.4, 0.5) is 0 Å². The Labute approximate surface area is 65.2 Å². The molecule has 0 aromatic rings. The van der Waals surface area contributed by atoms with Crippen LogP contribution in [-0.2, 0) is 19.5 Å². The number of rotatable bonds is 0. The summed E-state index contributed by atoms with van der Waals surface area (Å²) >= 11 is 0. The van der Waals surface area contributed by atoms with Gasteiger partial charge in [0.05, 0.1) is 0 Å². The van der Waals surface area contributed by atoms with Crippen molar-refractivity contribution in [3.63, 3.8) is 0 Å². The maximum Gasteiger partial charge on any atom is 2.00 e. The molecule has 0 N–H and O–H groups in total. The van der Waals surface area contributed by atoms with Gasteiger partial charge in [-0.2, -0.15) is 5.92 Å². The summed E-state index contributed by atoms with van der Waals surface area (Å²) in [5, 5.41) is 8.93. The number of hydrogen-bond donors (Lipinski definition) is 0. The van der Waals surface area contributed by atoms with E-state index in [1.807, 2.05) is 0 Å². The average Bonchev–Trinajstić information content (AvgIpc) is 1.33. The summed E-state index contributed by atoms with van der Waals surface area (Å²) < 4.78 is 0. The maximum absolute atomic E-state index is 8.93. The SMILES string of the molecule is CC[O-].[CH2-]C(C)C.[Zn+2]. The molecule has 0 amide bonds. The summed E-state index contributed by atoms with van der Waals surface area (Å²) in [6.45, 7) is 9.32. The van der Waals surface area contributed by atoms with Crippen LogP contribution in [0.15, 0.2) is 0 Å². The number of hydrogen-bond acceptors (Lipinski definition) is 1. The molecule has 0 fully saturated rings. The van der Waals surface area contributed by atoms with E-state index in [0.717, 1.165) is 0 Å². The van der Waals surface area contributed by atoms with Gasteiger partial charge in [0.1, 0.15) is 0 Å². The van der Waals surface area contributed by atoms with E-state index in [-0.39, 0.29) is 26.1 Å². The van der Waals surface area contributed by atoms with E-state index in [9.17, 15) is 0 Å². The standard InChI is InChI=1S/C4H9.C2H5O.Zn/c1-4(2)3;1-2-3;/h4H,1H2,2-3H3;2H2,1H3;/q2*-1;+2. The van der Waals surface area contributed by atoms with Crippen molar-refractivity contribution in [3.05, 3.63) is 6.92 Å². The first-order chi connectivity index (χ1) is 3.15. The van der Waals surface area contributed by atoms with Gasteiger partial charge in [-0.25, -0.2) is 0 Å². The fraction of sp³-hybridized carbons (Fsp3) is 0.833. The van der Waals surface area contributed by atoms with Crippen LogP contribution >= 0.6 is 0 Å². The summed E-state index contributed by atoms with van der Waals surface area (Å²) in [4.78, 5) is 0. The van der Waals surface area contributed by atoms with Gasteiger partial charge in [-0.05, 0) is 0 Å². The summed E-state index contributed by atoms with van der Waals surface area (Å²) in [7, 11) is 0. The van der Waals surface area contributed by atoms with Crippen LogP contribution in [0.1, 0.15) is 20.8 Å². The molecule has 0 saturated heterocycles. The average molecular weight is 168 g/mol. The molecule has 0 saturated carbocycles. The topological polar surface area (TPSA) is 23.1 Å². The van der Waals surface area contributed by atoms with Crippen LogP contribution in [-0.4, -0.2) is 6.61 Å². The summed E-state index contributed by atoms with van der Waals surface area (Å²) in [5.74, 6) is 0.583. The van der Waals surface area contributed by atoms with Crippen LogP contribution in [0.3, 0.4) is 0 Å². The predicted molar refractivity (Wildman–Crippen MR) is 30.7 cm³/mol. The van der Waals surface area contributed by atoms with E-state index < -0.39 is 0 Å². The van der Waals surface area contributed by atoms with Gasteiger partial charge in [0, 0.05) is 0 Å². The Morgan fingerprint density at radius 2 is 1.50 bits per heavy atom. The van der Waals surface area contributed by atoms with Gasteiger partial charge < -0.3 is 12.0 Å². The zero-order chi connectivity index (χ0) is 6.28. The molecule has 0 aliphatic heterocycles. The minimum Gasteiger partial charge on any atom is -0.855 e. The molecule has 0 atom stereocenters. The third-order valence-electron chi connectivity index (χ3n) is 0. The molecule has 0 heterocycles. The smallest absolute Gasteiger partial charge is 0.855 e. The Hall–Kier alpha value is 0.583. The second kappa shape index (κ2) is 15.6. The third kappa shape index (κ3) is 603. The van der Waals surface area contributed by atoms with Crippen molar-refractivity contribution in [3.8, 4) is 0 Å². The van der Waals surface area contributed by atoms with E-state index in [0.29, 0.717) is 5.92 Å². The van der Waals surface area contributed by atoms with Crippen LogP contribution < -0.4 is 5.11 Å². The zero-order valence-electron chi connectivity index (χ0n) is 6.11. The van der Waals surface area contributed by atoms with Gasteiger partial charge in [-0.3, -0.25) is 0 Å². The van der Waals surface area contributed by atoms with E-state index >= 15 is 0 Å². The van der Waals surface area contributed by atoms with E-state index in [1.165, 1.54) is 0 Å². The molecule has 0 unspecified atom stereocenters. The van der Waals surface area contributed by atoms with Crippen LogP contribution in [0.2, 0.25) is 0 Å². The van der Waals surface area contributed by atoms with E-state index in [1.54, 1.807) is 6.92 Å². The van der Waals surface area contributed by atoms with Gasteiger partial charge in [-0.15, -0.1) is 6.61 Å². The Kier molecular flexibility index (Phi) is 31.0. The third-order valence-corrected chi connectivity index (χ3v) is 0. The first-order valence-corrected chi connectivity index (χ1v) is 2.56. The van der Waals surface area contributed by atoms with Crippen LogP contribution in [0.5, 0.6) is 0 Å². The van der Waals surface area contributed by atoms with Crippen molar-refractivity contribution in [2.24, 2.45) is 5.92 Å². The van der Waals surface area contributed by atoms with Crippen LogP contribution in [0, 0.1) is 12.8 Å². The molecule has 1 nitrogen and oxygen atoms in total. The Bertz CT molecular complexity index is 19.7. The zero-order valence-corrected chi connectivity index (χ0v) is 9.07. The molecule has 0 bridgehead atoms. The Balaban J connectivity index is -0.0000000575. The maximum atomic E-state index is 8.93. The van der Waals surface area contributed by atoms with Crippen molar-refractivity contribution in [2.75, 3.05) is 6.61 Å². The largest absolute Gasteiger partial charge is 2.00 e. The van der Waals surface area contributed by atoms with Gasteiger partial charge in [0.25, 0.3) is 0 Å². The molecule has 0 aromatic heterocycles. The summed E-state index contributed by atoms with van der Waals surface area (Å²) in [5.41, 5.74) is 0. The van der Waals surface area contributed by atoms with Crippen molar-refractivity contribution in [1.29, 1.82) is 0 Å². The van der Waals surface area contributed by atoms with Gasteiger partial charge >= 0.3 is 19.5 Å². The monoisotopic (exact) mass is 166 g/mol. The Morgan fingerprint density at radius 1 is 1.50 bits per heavy atom. The first kappa shape index (κ1) is 15.8. The van der Waals surface area contributed by atoms with E-state index in [2.05, 4.69) is 20.8 Å². The van der Waals surface area contributed by atoms with Crippen LogP contribution in [0.25, 0.3) is 0 Å². The molecule has 0 aliphatic carbocycles. The molecule has 0 radical (unpaired) electrons. The minimum atomic E-state index is 0. The second-order valence-electron chi connectivity index (χ2n) is 1.68. The summed E-state index contributed by atoms with van der Waals surface area (Å²) in [6.07, 6.45) is 0. The molecule has 0 aliphatic rings. The molecule has 0 aromatic carbocycles. The van der Waals surface area contributed by atoms with Crippen molar-refractivity contribution in [1.82, 2.24) is 0 Å². The molecule has 0 rings (SSSR count). The van der Waals surface area contributed by atoms with Crippen molar-refractivity contribution in [2.45, 2.75) is 20.8 Å².